The van der Waals surface area contributed by atoms with Gasteiger partial charge in [-0.15, -0.1) is 6.42 Å². The van der Waals surface area contributed by atoms with Crippen molar-refractivity contribution in [1.82, 2.24) is 14.9 Å². The van der Waals surface area contributed by atoms with Gasteiger partial charge in [0.2, 0.25) is 5.95 Å². The Kier molecular flexibility index (Phi) is 6.24. The molecule has 2 atom stereocenters. The fraction of sp³-hybridized carbons (Fsp3) is 0.435. The number of nitrogens with zero attached hydrogens (tertiary/aromatic N) is 3. The molecule has 0 saturated carbocycles. The first-order valence-corrected chi connectivity index (χ1v) is 10.2. The number of benzene rings is 1. The molecule has 1 aliphatic heterocycles. The summed E-state index contributed by atoms with van der Waals surface area (Å²) in [5, 5.41) is 3.34. The lowest BCUT2D eigenvalue weighted by Crippen LogP contribution is -2.46. The Morgan fingerprint density at radius 1 is 1.27 bits per heavy atom. The smallest absolute Gasteiger partial charge is 0.257 e. The van der Waals surface area contributed by atoms with E-state index in [1.807, 2.05) is 12.1 Å². The van der Waals surface area contributed by atoms with Gasteiger partial charge in [-0.25, -0.2) is 14.4 Å². The number of terminal acetylenes is 1. The van der Waals surface area contributed by atoms with Crippen LogP contribution in [0.15, 0.2) is 36.7 Å². The molecule has 1 N–H and O–H groups in total. The second-order valence-corrected chi connectivity index (χ2v) is 7.85. The second kappa shape index (κ2) is 9.23. The van der Waals surface area contributed by atoms with Crippen LogP contribution in [0.5, 0.6) is 0 Å². The Morgan fingerprint density at radius 2 is 1.97 bits per heavy atom. The molecule has 1 aliphatic carbocycles. The Morgan fingerprint density at radius 3 is 2.60 bits per heavy atom. The number of halogens is 1. The number of alkyl halides is 1. The zero-order chi connectivity index (χ0) is 20.9. The van der Waals surface area contributed by atoms with E-state index in [0.29, 0.717) is 24.5 Å². The van der Waals surface area contributed by atoms with Crippen LogP contribution < -0.4 is 5.32 Å². The van der Waals surface area contributed by atoms with Gasteiger partial charge in [0, 0.05) is 30.9 Å². The number of ether oxygens (including phenoxy) is 1. The molecule has 1 aromatic heterocycles. The molecule has 0 bridgehead atoms. The zero-order valence-electron chi connectivity index (χ0n) is 16.8. The number of fused-ring (bicyclic) bond motifs is 1. The van der Waals surface area contributed by atoms with E-state index in [1.54, 1.807) is 0 Å². The number of hydrogen-bond acceptors (Lipinski definition) is 5. The summed E-state index contributed by atoms with van der Waals surface area (Å²) in [6.07, 6.45) is 9.43. The first kappa shape index (κ1) is 20.3. The third-order valence-corrected chi connectivity index (χ3v) is 5.76. The summed E-state index contributed by atoms with van der Waals surface area (Å²) in [4.78, 5) is 22.8. The number of carbonyl (C=O) groups excluding carboxylic acids is 1. The van der Waals surface area contributed by atoms with Crippen LogP contribution in [0.2, 0.25) is 0 Å². The summed E-state index contributed by atoms with van der Waals surface area (Å²) in [6, 6.07) is 8.62. The van der Waals surface area contributed by atoms with Crippen molar-refractivity contribution in [3.05, 3.63) is 53.3 Å². The van der Waals surface area contributed by atoms with Gasteiger partial charge in [0.1, 0.15) is 12.8 Å². The molecule has 7 heteroatoms. The highest BCUT2D eigenvalue weighted by atomic mass is 19.1. The number of anilines is 1. The summed E-state index contributed by atoms with van der Waals surface area (Å²) in [5.41, 5.74) is 3.05. The standard InChI is InChI=1S/C23H25FN4O2/c1-2-9-30-15-18-7-8-28(14-21(18)24)22(29)19-12-25-23(26-13-19)27-20-10-16-5-3-4-6-17(16)11-20/h1,3-6,12-13,18,20-21H,7-11,14-15H2,(H,25,26,27). The molecule has 6 nitrogen and oxygen atoms in total. The van der Waals surface area contributed by atoms with Crippen LogP contribution in [-0.2, 0) is 17.6 Å². The Hall–Kier alpha value is -2.98. The fourth-order valence-electron chi connectivity index (χ4n) is 4.13. The van der Waals surface area contributed by atoms with E-state index in [1.165, 1.54) is 28.4 Å². The van der Waals surface area contributed by atoms with Gasteiger partial charge in [0.05, 0.1) is 18.7 Å². The molecule has 1 saturated heterocycles. The van der Waals surface area contributed by atoms with Gasteiger partial charge < -0.3 is 15.0 Å². The first-order valence-electron chi connectivity index (χ1n) is 10.2. The molecule has 1 fully saturated rings. The van der Waals surface area contributed by atoms with Crippen LogP contribution >= 0.6 is 0 Å². The minimum Gasteiger partial charge on any atom is -0.368 e. The molecule has 2 aliphatic rings. The Labute approximate surface area is 175 Å². The number of nitrogens with one attached hydrogen (secondary N) is 1. The van der Waals surface area contributed by atoms with Gasteiger partial charge in [0.15, 0.2) is 0 Å². The lowest BCUT2D eigenvalue weighted by atomic mass is 9.95. The summed E-state index contributed by atoms with van der Waals surface area (Å²) in [6.45, 7) is 0.978. The van der Waals surface area contributed by atoms with Crippen molar-refractivity contribution in [1.29, 1.82) is 0 Å². The normalized spacial score (nSPS) is 21.1. The predicted octanol–water partition coefficient (Wildman–Crippen LogP) is 2.51. The number of rotatable bonds is 6. The van der Waals surface area contributed by atoms with Crippen LogP contribution in [-0.4, -0.2) is 59.3 Å². The van der Waals surface area contributed by atoms with Gasteiger partial charge in [-0.2, -0.15) is 0 Å². The highest BCUT2D eigenvalue weighted by Crippen LogP contribution is 2.24. The summed E-state index contributed by atoms with van der Waals surface area (Å²) >= 11 is 0. The average Bonchev–Trinajstić information content (AvgIpc) is 3.17. The topological polar surface area (TPSA) is 67.3 Å². The van der Waals surface area contributed by atoms with Gasteiger partial charge >= 0.3 is 0 Å². The van der Waals surface area contributed by atoms with E-state index in [-0.39, 0.29) is 37.6 Å². The molecule has 1 aromatic carbocycles. The lowest BCUT2D eigenvalue weighted by Gasteiger charge is -2.34. The Balaban J connectivity index is 1.30. The Bertz CT molecular complexity index is 903. The molecule has 2 unspecified atom stereocenters. The van der Waals surface area contributed by atoms with E-state index in [9.17, 15) is 9.18 Å². The summed E-state index contributed by atoms with van der Waals surface area (Å²) in [5.74, 6) is 2.39. The molecule has 0 spiro atoms. The molecule has 0 radical (unpaired) electrons. The maximum atomic E-state index is 14.4. The molecule has 30 heavy (non-hydrogen) atoms. The minimum absolute atomic E-state index is 0.0449. The largest absolute Gasteiger partial charge is 0.368 e. The molecular formula is C23H25FN4O2. The van der Waals surface area contributed by atoms with Crippen molar-refractivity contribution in [2.45, 2.75) is 31.5 Å². The predicted molar refractivity (Wildman–Crippen MR) is 112 cm³/mol. The van der Waals surface area contributed by atoms with Crippen molar-refractivity contribution in [2.75, 3.05) is 31.6 Å². The highest BCUT2D eigenvalue weighted by molar-refractivity contribution is 5.93. The zero-order valence-corrected chi connectivity index (χ0v) is 16.8. The van der Waals surface area contributed by atoms with Gasteiger partial charge in [0.25, 0.3) is 5.91 Å². The molecule has 2 heterocycles. The average molecular weight is 408 g/mol. The van der Waals surface area contributed by atoms with E-state index in [0.717, 1.165) is 12.8 Å². The van der Waals surface area contributed by atoms with E-state index in [2.05, 4.69) is 33.3 Å². The summed E-state index contributed by atoms with van der Waals surface area (Å²) in [7, 11) is 0. The minimum atomic E-state index is -1.13. The number of aromatic nitrogens is 2. The number of hydrogen-bond donors (Lipinski definition) is 1. The van der Waals surface area contributed by atoms with Crippen molar-refractivity contribution in [3.8, 4) is 12.3 Å². The van der Waals surface area contributed by atoms with Gasteiger partial charge in [-0.3, -0.25) is 4.79 Å². The molecule has 4 rings (SSSR count). The molecule has 2 aromatic rings. The van der Waals surface area contributed by atoms with Crippen molar-refractivity contribution >= 4 is 11.9 Å². The number of likely N-dealkylation sites (tertiary alicyclic amines) is 1. The lowest BCUT2D eigenvalue weighted by molar-refractivity contribution is 0.0234. The van der Waals surface area contributed by atoms with Crippen LogP contribution in [0.25, 0.3) is 0 Å². The van der Waals surface area contributed by atoms with Gasteiger partial charge in [-0.05, 0) is 30.4 Å². The second-order valence-electron chi connectivity index (χ2n) is 7.85. The van der Waals surface area contributed by atoms with Gasteiger partial charge in [-0.1, -0.05) is 30.2 Å². The van der Waals surface area contributed by atoms with Crippen LogP contribution in [0.3, 0.4) is 0 Å². The number of amides is 1. The monoisotopic (exact) mass is 408 g/mol. The fourth-order valence-corrected chi connectivity index (χ4v) is 4.13. The van der Waals surface area contributed by atoms with Crippen molar-refractivity contribution < 1.29 is 13.9 Å². The van der Waals surface area contributed by atoms with Crippen LogP contribution in [0.1, 0.15) is 27.9 Å². The van der Waals surface area contributed by atoms with E-state index < -0.39 is 6.17 Å². The molecule has 1 amide bonds. The van der Waals surface area contributed by atoms with Crippen molar-refractivity contribution in [2.24, 2.45) is 5.92 Å². The van der Waals surface area contributed by atoms with Crippen LogP contribution in [0.4, 0.5) is 10.3 Å². The maximum absolute atomic E-state index is 14.4. The highest BCUT2D eigenvalue weighted by Gasteiger charge is 2.32. The maximum Gasteiger partial charge on any atom is 0.257 e. The van der Waals surface area contributed by atoms with E-state index >= 15 is 0 Å². The third-order valence-electron chi connectivity index (χ3n) is 5.76. The van der Waals surface area contributed by atoms with Crippen molar-refractivity contribution in [3.63, 3.8) is 0 Å². The quantitative estimate of drug-likeness (QED) is 0.588. The third kappa shape index (κ3) is 4.60. The number of carbonyl (C=O) groups is 1. The van der Waals surface area contributed by atoms with Crippen LogP contribution in [0, 0.1) is 18.3 Å². The number of piperidine rings is 1. The molecular weight excluding hydrogens is 383 g/mol. The SMILES string of the molecule is C#CCOCC1CCN(C(=O)c2cnc(NC3Cc4ccccc4C3)nc2)CC1F. The first-order chi connectivity index (χ1) is 14.6. The summed E-state index contributed by atoms with van der Waals surface area (Å²) < 4.78 is 19.7. The van der Waals surface area contributed by atoms with E-state index in [4.69, 9.17) is 11.2 Å². The molecule has 156 valence electrons.